The van der Waals surface area contributed by atoms with E-state index in [2.05, 4.69) is 42.9 Å². The summed E-state index contributed by atoms with van der Waals surface area (Å²) in [7, 11) is 0. The molecule has 1 nitrogen and oxygen atoms in total. The van der Waals surface area contributed by atoms with E-state index in [-0.39, 0.29) is 0 Å². The number of hydrogen-bond acceptors (Lipinski definition) is 1. The molecule has 1 aromatic heterocycles. The number of pyridine rings is 1. The standard InChI is InChI=1S/C10H7Br2N/c1-6-9(11)7-4-2-3-5-8(7)13-10(6)12/h2-5H,1H3. The van der Waals surface area contributed by atoms with Crippen LogP contribution in [-0.2, 0) is 0 Å². The molecule has 1 heterocycles. The summed E-state index contributed by atoms with van der Waals surface area (Å²) in [6.45, 7) is 2.04. The van der Waals surface area contributed by atoms with Gasteiger partial charge in [-0.1, -0.05) is 18.2 Å². The third-order valence-corrected chi connectivity index (χ3v) is 3.79. The second kappa shape index (κ2) is 3.39. The van der Waals surface area contributed by atoms with Crippen molar-refractivity contribution in [1.82, 2.24) is 4.98 Å². The second-order valence-electron chi connectivity index (χ2n) is 2.86. The summed E-state index contributed by atoms with van der Waals surface area (Å²) >= 11 is 6.99. The Labute approximate surface area is 93.4 Å². The first-order valence-corrected chi connectivity index (χ1v) is 5.49. The fraction of sp³-hybridized carbons (Fsp3) is 0.100. The molecule has 0 saturated carbocycles. The van der Waals surface area contributed by atoms with Crippen molar-refractivity contribution in [3.05, 3.63) is 38.9 Å². The smallest absolute Gasteiger partial charge is 0.110 e. The molecule has 2 aromatic rings. The van der Waals surface area contributed by atoms with Gasteiger partial charge in [-0.3, -0.25) is 0 Å². The van der Waals surface area contributed by atoms with Crippen molar-refractivity contribution in [3.63, 3.8) is 0 Å². The maximum atomic E-state index is 4.42. The SMILES string of the molecule is Cc1c(Br)nc2ccccc2c1Br. The van der Waals surface area contributed by atoms with Crippen LogP contribution in [0.3, 0.4) is 0 Å². The molecule has 13 heavy (non-hydrogen) atoms. The quantitative estimate of drug-likeness (QED) is 0.668. The molecule has 0 radical (unpaired) electrons. The largest absolute Gasteiger partial charge is 0.241 e. The average Bonchev–Trinajstić information content (AvgIpc) is 2.15. The van der Waals surface area contributed by atoms with Gasteiger partial charge in [-0.15, -0.1) is 0 Å². The number of rotatable bonds is 0. The molecule has 66 valence electrons. The summed E-state index contributed by atoms with van der Waals surface area (Å²) in [5.41, 5.74) is 2.14. The monoisotopic (exact) mass is 299 g/mol. The normalized spacial score (nSPS) is 10.7. The van der Waals surface area contributed by atoms with Gasteiger partial charge < -0.3 is 0 Å². The number of benzene rings is 1. The van der Waals surface area contributed by atoms with Gasteiger partial charge in [0, 0.05) is 9.86 Å². The molecule has 0 saturated heterocycles. The Kier molecular flexibility index (Phi) is 2.39. The molecule has 0 N–H and O–H groups in total. The molecule has 0 aliphatic heterocycles. The van der Waals surface area contributed by atoms with E-state index in [4.69, 9.17) is 0 Å². The number of aromatic nitrogens is 1. The Hall–Kier alpha value is -0.410. The maximum Gasteiger partial charge on any atom is 0.110 e. The lowest BCUT2D eigenvalue weighted by Crippen LogP contribution is -1.86. The van der Waals surface area contributed by atoms with Crippen molar-refractivity contribution in [2.24, 2.45) is 0 Å². The molecule has 0 atom stereocenters. The van der Waals surface area contributed by atoms with Crippen molar-refractivity contribution in [2.45, 2.75) is 6.92 Å². The van der Waals surface area contributed by atoms with Crippen LogP contribution in [-0.4, -0.2) is 4.98 Å². The third kappa shape index (κ3) is 1.51. The van der Waals surface area contributed by atoms with E-state index >= 15 is 0 Å². The zero-order valence-corrected chi connectivity index (χ0v) is 10.2. The highest BCUT2D eigenvalue weighted by atomic mass is 79.9. The van der Waals surface area contributed by atoms with Crippen LogP contribution in [0.2, 0.25) is 0 Å². The zero-order valence-electron chi connectivity index (χ0n) is 7.01. The van der Waals surface area contributed by atoms with E-state index in [1.165, 1.54) is 0 Å². The highest BCUT2D eigenvalue weighted by Crippen LogP contribution is 2.30. The van der Waals surface area contributed by atoms with Crippen molar-refractivity contribution < 1.29 is 0 Å². The Morgan fingerprint density at radius 2 is 1.85 bits per heavy atom. The molecule has 0 spiro atoms. The fourth-order valence-electron chi connectivity index (χ4n) is 1.24. The van der Waals surface area contributed by atoms with Crippen LogP contribution in [0, 0.1) is 6.92 Å². The van der Waals surface area contributed by atoms with Gasteiger partial charge in [0.25, 0.3) is 0 Å². The summed E-state index contributed by atoms with van der Waals surface area (Å²) in [6.07, 6.45) is 0. The predicted molar refractivity (Wildman–Crippen MR) is 61.9 cm³/mol. The van der Waals surface area contributed by atoms with Crippen LogP contribution in [0.5, 0.6) is 0 Å². The van der Waals surface area contributed by atoms with E-state index in [0.717, 1.165) is 25.5 Å². The molecule has 0 amide bonds. The van der Waals surface area contributed by atoms with Gasteiger partial charge >= 0.3 is 0 Å². The van der Waals surface area contributed by atoms with E-state index < -0.39 is 0 Å². The molecular weight excluding hydrogens is 294 g/mol. The van der Waals surface area contributed by atoms with Gasteiger partial charge in [-0.05, 0) is 50.4 Å². The van der Waals surface area contributed by atoms with E-state index in [0.29, 0.717) is 0 Å². The van der Waals surface area contributed by atoms with E-state index in [1.807, 2.05) is 25.1 Å². The number of para-hydroxylation sites is 1. The lowest BCUT2D eigenvalue weighted by atomic mass is 10.2. The summed E-state index contributed by atoms with van der Waals surface area (Å²) in [4.78, 5) is 4.42. The molecule has 0 unspecified atom stereocenters. The molecule has 2 rings (SSSR count). The Balaban J connectivity index is 2.94. The molecule has 0 aliphatic carbocycles. The zero-order chi connectivity index (χ0) is 9.42. The minimum atomic E-state index is 0.901. The van der Waals surface area contributed by atoms with Crippen LogP contribution in [0.4, 0.5) is 0 Å². The molecule has 0 bridgehead atoms. The minimum Gasteiger partial charge on any atom is -0.241 e. The third-order valence-electron chi connectivity index (χ3n) is 2.00. The fourth-order valence-corrected chi connectivity index (χ4v) is 2.42. The van der Waals surface area contributed by atoms with Gasteiger partial charge in [0.1, 0.15) is 4.60 Å². The van der Waals surface area contributed by atoms with Gasteiger partial charge in [-0.25, -0.2) is 4.98 Å². The summed E-state index contributed by atoms with van der Waals surface area (Å²) in [5.74, 6) is 0. The van der Waals surface area contributed by atoms with Crippen LogP contribution in [0.25, 0.3) is 10.9 Å². The number of fused-ring (bicyclic) bond motifs is 1. The summed E-state index contributed by atoms with van der Waals surface area (Å²) in [6, 6.07) is 8.07. The lowest BCUT2D eigenvalue weighted by Gasteiger charge is -2.04. The van der Waals surface area contributed by atoms with E-state index in [9.17, 15) is 0 Å². The molecular formula is C10H7Br2N. The van der Waals surface area contributed by atoms with Crippen molar-refractivity contribution >= 4 is 42.8 Å². The van der Waals surface area contributed by atoms with Gasteiger partial charge in [0.2, 0.25) is 0 Å². The topological polar surface area (TPSA) is 12.9 Å². The summed E-state index contributed by atoms with van der Waals surface area (Å²) in [5, 5.41) is 1.16. The van der Waals surface area contributed by atoms with Crippen LogP contribution in [0.15, 0.2) is 33.3 Å². The second-order valence-corrected chi connectivity index (χ2v) is 4.40. The van der Waals surface area contributed by atoms with Crippen molar-refractivity contribution in [1.29, 1.82) is 0 Å². The van der Waals surface area contributed by atoms with Crippen LogP contribution < -0.4 is 0 Å². The highest BCUT2D eigenvalue weighted by Gasteiger charge is 2.06. The molecule has 0 aliphatic rings. The molecule has 1 aromatic carbocycles. The Bertz CT molecular complexity index is 466. The summed E-state index contributed by atoms with van der Waals surface area (Å²) < 4.78 is 2.02. The number of halogens is 2. The molecule has 0 fully saturated rings. The first kappa shape index (κ1) is 9.16. The first-order valence-electron chi connectivity index (χ1n) is 3.90. The Morgan fingerprint density at radius 1 is 1.15 bits per heavy atom. The molecule has 3 heteroatoms. The number of hydrogen-bond donors (Lipinski definition) is 0. The predicted octanol–water partition coefficient (Wildman–Crippen LogP) is 4.07. The average molecular weight is 301 g/mol. The van der Waals surface area contributed by atoms with E-state index in [1.54, 1.807) is 0 Å². The van der Waals surface area contributed by atoms with Gasteiger partial charge in [0.05, 0.1) is 5.52 Å². The van der Waals surface area contributed by atoms with Crippen LogP contribution >= 0.6 is 31.9 Å². The highest BCUT2D eigenvalue weighted by molar-refractivity contribution is 9.11. The van der Waals surface area contributed by atoms with Crippen LogP contribution in [0.1, 0.15) is 5.56 Å². The lowest BCUT2D eigenvalue weighted by molar-refractivity contribution is 1.26. The Morgan fingerprint density at radius 3 is 2.62 bits per heavy atom. The van der Waals surface area contributed by atoms with Crippen molar-refractivity contribution in [3.8, 4) is 0 Å². The van der Waals surface area contributed by atoms with Crippen molar-refractivity contribution in [2.75, 3.05) is 0 Å². The first-order chi connectivity index (χ1) is 6.20. The maximum absolute atomic E-state index is 4.42. The van der Waals surface area contributed by atoms with Gasteiger partial charge in [-0.2, -0.15) is 0 Å². The number of nitrogens with zero attached hydrogens (tertiary/aromatic N) is 1. The van der Waals surface area contributed by atoms with Gasteiger partial charge in [0.15, 0.2) is 0 Å². The minimum absolute atomic E-state index is 0.901.